The highest BCUT2D eigenvalue weighted by molar-refractivity contribution is 5.90. The summed E-state index contributed by atoms with van der Waals surface area (Å²) in [5.74, 6) is 0. The first-order chi connectivity index (χ1) is 22.0. The summed E-state index contributed by atoms with van der Waals surface area (Å²) >= 11 is 0. The van der Waals surface area contributed by atoms with Gasteiger partial charge < -0.3 is 11.5 Å². The summed E-state index contributed by atoms with van der Waals surface area (Å²) < 4.78 is 0. The van der Waals surface area contributed by atoms with Crippen LogP contribution < -0.4 is 11.5 Å². The molecule has 2 aliphatic carbocycles. The largest absolute Gasteiger partial charge is 0.397 e. The molecule has 226 valence electrons. The van der Waals surface area contributed by atoms with Crippen LogP contribution in [0.4, 0.5) is 11.4 Å². The van der Waals surface area contributed by atoms with Crippen molar-refractivity contribution in [2.75, 3.05) is 11.5 Å². The molecule has 0 spiro atoms. The van der Waals surface area contributed by atoms with Gasteiger partial charge in [-0.25, -0.2) is 0 Å². The molecule has 0 amide bonds. The Balaban J connectivity index is 1.08. The summed E-state index contributed by atoms with van der Waals surface area (Å²) in [5.41, 5.74) is 30.5. The second-order valence-electron chi connectivity index (χ2n) is 13.7. The van der Waals surface area contributed by atoms with E-state index < -0.39 is 0 Å². The Bertz CT molecular complexity index is 2000. The summed E-state index contributed by atoms with van der Waals surface area (Å²) in [6, 6.07) is 34.7. The number of hydrogen-bond acceptors (Lipinski definition) is 2. The van der Waals surface area contributed by atoms with Gasteiger partial charge >= 0.3 is 0 Å². The third-order valence-corrected chi connectivity index (χ3v) is 10.2. The summed E-state index contributed by atoms with van der Waals surface area (Å²) in [4.78, 5) is 0. The molecule has 7 rings (SSSR count). The van der Waals surface area contributed by atoms with Gasteiger partial charge in [0.25, 0.3) is 0 Å². The standard InChI is InChI=1S/C44H40N2/c1-27(31-21-23-35-33-11-7-9-13-37(33)43(3,4)39(35)25-31)15-17-29-19-20-30(42(46)41(29)45)18-16-28(2)32-22-24-36-34-12-8-10-14-38(34)44(5,6)40(36)26-32/h7-26H,1-2,45-46H2,3-6H3/b17-15-,18-16-. The van der Waals surface area contributed by atoms with E-state index in [0.29, 0.717) is 11.4 Å². The molecule has 0 heterocycles. The van der Waals surface area contributed by atoms with Gasteiger partial charge in [0.15, 0.2) is 0 Å². The predicted molar refractivity (Wildman–Crippen MR) is 199 cm³/mol. The van der Waals surface area contributed by atoms with Crippen LogP contribution in [0.3, 0.4) is 0 Å². The van der Waals surface area contributed by atoms with Gasteiger partial charge in [-0.3, -0.25) is 0 Å². The Morgan fingerprint density at radius 2 is 0.870 bits per heavy atom. The highest BCUT2D eigenvalue weighted by Gasteiger charge is 2.36. The van der Waals surface area contributed by atoms with Gasteiger partial charge in [-0.15, -0.1) is 0 Å². The van der Waals surface area contributed by atoms with E-state index in [2.05, 4.69) is 126 Å². The van der Waals surface area contributed by atoms with Crippen molar-refractivity contribution in [2.45, 2.75) is 38.5 Å². The molecule has 2 nitrogen and oxygen atoms in total. The van der Waals surface area contributed by atoms with Crippen LogP contribution in [0.25, 0.3) is 45.6 Å². The maximum Gasteiger partial charge on any atom is 0.0627 e. The summed E-state index contributed by atoms with van der Waals surface area (Å²) in [7, 11) is 0. The summed E-state index contributed by atoms with van der Waals surface area (Å²) in [5, 5.41) is 0. The first-order valence-electron chi connectivity index (χ1n) is 15.9. The lowest BCUT2D eigenvalue weighted by atomic mass is 9.81. The molecule has 5 aromatic carbocycles. The molecule has 2 heteroatoms. The van der Waals surface area contributed by atoms with Gasteiger partial charge in [-0.2, -0.15) is 0 Å². The Kier molecular flexibility index (Phi) is 6.79. The third-order valence-electron chi connectivity index (χ3n) is 10.2. The van der Waals surface area contributed by atoms with Crippen molar-refractivity contribution in [1.29, 1.82) is 0 Å². The second kappa shape index (κ2) is 10.6. The highest BCUT2D eigenvalue weighted by Crippen LogP contribution is 2.50. The zero-order valence-corrected chi connectivity index (χ0v) is 27.1. The van der Waals surface area contributed by atoms with E-state index in [0.717, 1.165) is 33.4 Å². The van der Waals surface area contributed by atoms with E-state index in [-0.39, 0.29) is 10.8 Å². The Morgan fingerprint density at radius 1 is 0.500 bits per heavy atom. The van der Waals surface area contributed by atoms with Crippen LogP contribution in [0, 0.1) is 0 Å². The van der Waals surface area contributed by atoms with Gasteiger partial charge in [0.05, 0.1) is 11.4 Å². The molecule has 0 saturated carbocycles. The summed E-state index contributed by atoms with van der Waals surface area (Å²) in [6.45, 7) is 17.9. The van der Waals surface area contributed by atoms with E-state index in [4.69, 9.17) is 11.5 Å². The van der Waals surface area contributed by atoms with E-state index in [1.54, 1.807) is 0 Å². The minimum Gasteiger partial charge on any atom is -0.397 e. The maximum absolute atomic E-state index is 6.55. The molecule has 4 N–H and O–H groups in total. The molecular weight excluding hydrogens is 556 g/mol. The lowest BCUT2D eigenvalue weighted by molar-refractivity contribution is 0.660. The van der Waals surface area contributed by atoms with Crippen LogP contribution in [-0.2, 0) is 10.8 Å². The van der Waals surface area contributed by atoms with Crippen LogP contribution in [-0.4, -0.2) is 0 Å². The molecule has 0 unspecified atom stereocenters. The fraction of sp³-hybridized carbons (Fsp3) is 0.136. The molecule has 0 bridgehead atoms. The molecule has 5 aromatic rings. The van der Waals surface area contributed by atoms with Gasteiger partial charge in [-0.1, -0.05) is 150 Å². The monoisotopic (exact) mass is 596 g/mol. The van der Waals surface area contributed by atoms with E-state index in [1.807, 2.05) is 36.4 Å². The molecule has 2 aliphatic rings. The molecule has 0 atom stereocenters. The maximum atomic E-state index is 6.55. The van der Waals surface area contributed by atoms with Crippen molar-refractivity contribution < 1.29 is 0 Å². The van der Waals surface area contributed by atoms with E-state index in [9.17, 15) is 0 Å². The number of benzene rings is 5. The second-order valence-corrected chi connectivity index (χ2v) is 13.7. The highest BCUT2D eigenvalue weighted by atomic mass is 14.7. The fourth-order valence-electron chi connectivity index (χ4n) is 7.34. The number of rotatable bonds is 6. The van der Waals surface area contributed by atoms with Crippen molar-refractivity contribution in [1.82, 2.24) is 0 Å². The topological polar surface area (TPSA) is 52.0 Å². The first kappa shape index (κ1) is 29.4. The summed E-state index contributed by atoms with van der Waals surface area (Å²) in [6.07, 6.45) is 8.04. The van der Waals surface area contributed by atoms with Crippen LogP contribution in [0.2, 0.25) is 0 Å². The fourth-order valence-corrected chi connectivity index (χ4v) is 7.34. The third kappa shape index (κ3) is 4.56. The van der Waals surface area contributed by atoms with Crippen molar-refractivity contribution in [3.63, 3.8) is 0 Å². The Labute approximate surface area is 273 Å². The number of allylic oxidation sites excluding steroid dienone is 4. The van der Waals surface area contributed by atoms with Crippen molar-refractivity contribution in [3.05, 3.63) is 167 Å². The average Bonchev–Trinajstić information content (AvgIpc) is 3.44. The van der Waals surface area contributed by atoms with Crippen LogP contribution in [0.15, 0.2) is 122 Å². The quantitative estimate of drug-likeness (QED) is 0.151. The zero-order valence-electron chi connectivity index (χ0n) is 27.1. The Morgan fingerprint density at radius 3 is 1.28 bits per heavy atom. The van der Waals surface area contributed by atoms with Crippen molar-refractivity contribution >= 4 is 34.7 Å². The van der Waals surface area contributed by atoms with Crippen LogP contribution in [0.5, 0.6) is 0 Å². The van der Waals surface area contributed by atoms with Crippen molar-refractivity contribution in [3.8, 4) is 22.3 Å². The smallest absolute Gasteiger partial charge is 0.0627 e. The SMILES string of the molecule is C=C(/C=C\c1ccc(/C=C\C(=C)c2ccc3c(c2)C(C)(C)c2ccccc2-3)c(N)c1N)c1ccc2c(c1)C(C)(C)c1ccccc1-2. The molecule has 0 saturated heterocycles. The van der Waals surface area contributed by atoms with Gasteiger partial charge in [0.1, 0.15) is 0 Å². The number of nitrogen functional groups attached to an aromatic ring is 2. The molecule has 0 fully saturated rings. The number of hydrogen-bond donors (Lipinski definition) is 2. The van der Waals surface area contributed by atoms with E-state index in [1.165, 1.54) is 44.5 Å². The number of fused-ring (bicyclic) bond motifs is 6. The lowest BCUT2D eigenvalue weighted by Crippen LogP contribution is -2.15. The van der Waals surface area contributed by atoms with Gasteiger partial charge in [0.2, 0.25) is 0 Å². The molecular formula is C44H40N2. The molecule has 0 radical (unpaired) electrons. The van der Waals surface area contributed by atoms with Crippen molar-refractivity contribution in [2.24, 2.45) is 0 Å². The molecule has 46 heavy (non-hydrogen) atoms. The van der Waals surface area contributed by atoms with Crippen LogP contribution in [0.1, 0.15) is 72.2 Å². The molecule has 0 aromatic heterocycles. The average molecular weight is 597 g/mol. The van der Waals surface area contributed by atoms with Gasteiger partial charge in [0, 0.05) is 10.8 Å². The first-order valence-corrected chi connectivity index (χ1v) is 15.9. The Hall–Kier alpha value is -5.34. The minimum absolute atomic E-state index is 0.0531. The van der Waals surface area contributed by atoms with Crippen LogP contribution >= 0.6 is 0 Å². The zero-order chi connectivity index (χ0) is 32.4. The van der Waals surface area contributed by atoms with E-state index >= 15 is 0 Å². The number of anilines is 2. The minimum atomic E-state index is -0.0531. The molecule has 0 aliphatic heterocycles. The lowest BCUT2D eigenvalue weighted by Gasteiger charge is -2.22. The number of nitrogens with two attached hydrogens (primary N) is 2. The predicted octanol–water partition coefficient (Wildman–Crippen LogP) is 10.9. The van der Waals surface area contributed by atoms with Gasteiger partial charge in [-0.05, 0) is 90.0 Å². The normalized spacial score (nSPS) is 15.0.